The van der Waals surface area contributed by atoms with Crippen LogP contribution in [0.1, 0.15) is 79.7 Å². The average molecular weight is 516 g/mol. The number of hydrogen-bond acceptors (Lipinski definition) is 7. The van der Waals surface area contributed by atoms with Gasteiger partial charge in [0, 0.05) is 9.75 Å². The van der Waals surface area contributed by atoms with Crippen molar-refractivity contribution < 1.29 is 9.59 Å². The highest BCUT2D eigenvalue weighted by molar-refractivity contribution is 7.17. The number of anilines is 2. The first-order chi connectivity index (χ1) is 17.4. The SMILES string of the molecule is C[C@@H]1CCc2c(sc(NC(=O)c3cccc(C(=O)Nc4sc5c(c4C#N)CC[C@H](C)C5)n3)c2C#N)C1. The molecule has 0 unspecified atom stereocenters. The third-order valence-electron chi connectivity index (χ3n) is 6.92. The Morgan fingerprint density at radius 1 is 0.861 bits per heavy atom. The van der Waals surface area contributed by atoms with E-state index in [1.54, 1.807) is 18.2 Å². The molecule has 9 heteroatoms. The number of hydrogen-bond donors (Lipinski definition) is 2. The Morgan fingerprint density at radius 2 is 1.31 bits per heavy atom. The first-order valence-corrected chi connectivity index (χ1v) is 13.7. The molecule has 0 saturated carbocycles. The zero-order chi connectivity index (χ0) is 25.4. The summed E-state index contributed by atoms with van der Waals surface area (Å²) in [5.74, 6) is 0.182. The summed E-state index contributed by atoms with van der Waals surface area (Å²) in [5.41, 5.74) is 3.32. The number of fused-ring (bicyclic) bond motifs is 2. The summed E-state index contributed by atoms with van der Waals surface area (Å²) in [6.07, 6.45) is 5.57. The van der Waals surface area contributed by atoms with Crippen LogP contribution >= 0.6 is 22.7 Å². The molecule has 2 aliphatic carbocycles. The van der Waals surface area contributed by atoms with Crippen molar-refractivity contribution in [3.05, 3.63) is 61.6 Å². The number of nitrogens with one attached hydrogen (secondary N) is 2. The summed E-state index contributed by atoms with van der Waals surface area (Å²) in [6, 6.07) is 9.19. The Bertz CT molecular complexity index is 1350. The molecule has 0 spiro atoms. The van der Waals surface area contributed by atoms with Gasteiger partial charge in [-0.25, -0.2) is 4.98 Å². The Balaban J connectivity index is 1.35. The van der Waals surface area contributed by atoms with Gasteiger partial charge in [0.25, 0.3) is 11.8 Å². The van der Waals surface area contributed by atoms with Crippen LogP contribution in [-0.2, 0) is 25.7 Å². The van der Waals surface area contributed by atoms with E-state index in [-0.39, 0.29) is 11.4 Å². The summed E-state index contributed by atoms with van der Waals surface area (Å²) in [4.78, 5) is 32.6. The second kappa shape index (κ2) is 9.85. The van der Waals surface area contributed by atoms with Crippen molar-refractivity contribution in [2.45, 2.75) is 52.4 Å². The number of rotatable bonds is 4. The predicted octanol–water partition coefficient (Wildman–Crippen LogP) is 5.70. The summed E-state index contributed by atoms with van der Waals surface area (Å²) in [6.45, 7) is 4.39. The average Bonchev–Trinajstić information content (AvgIpc) is 3.39. The van der Waals surface area contributed by atoms with E-state index in [1.165, 1.54) is 22.7 Å². The number of carbonyl (C=O) groups is 2. The standard InChI is InChI=1S/C27H25N5O2S2/c1-14-6-8-16-18(12-28)26(35-22(16)10-14)31-24(33)20-4-3-5-21(30-20)25(34)32-27-19(13-29)17-9-7-15(2)11-23(17)36-27/h3-5,14-15H,6-11H2,1-2H3,(H,31,33)(H,32,34)/t14-,15+. The van der Waals surface area contributed by atoms with E-state index in [1.807, 2.05) is 0 Å². The lowest BCUT2D eigenvalue weighted by Crippen LogP contribution is -2.18. The van der Waals surface area contributed by atoms with Crippen molar-refractivity contribution in [2.75, 3.05) is 10.6 Å². The van der Waals surface area contributed by atoms with Gasteiger partial charge in [-0.05, 0) is 73.6 Å². The Hall–Kier alpha value is -3.53. The number of amides is 2. The van der Waals surface area contributed by atoms with Gasteiger partial charge >= 0.3 is 0 Å². The Morgan fingerprint density at radius 3 is 1.72 bits per heavy atom. The molecule has 3 aromatic rings. The highest BCUT2D eigenvalue weighted by atomic mass is 32.1. The molecule has 182 valence electrons. The summed E-state index contributed by atoms with van der Waals surface area (Å²) in [7, 11) is 0. The van der Waals surface area contributed by atoms with Crippen molar-refractivity contribution in [1.29, 1.82) is 10.5 Å². The van der Waals surface area contributed by atoms with Gasteiger partial charge < -0.3 is 10.6 Å². The van der Waals surface area contributed by atoms with Crippen LogP contribution < -0.4 is 10.6 Å². The van der Waals surface area contributed by atoms with Crippen LogP contribution in [0.25, 0.3) is 0 Å². The molecule has 0 aromatic carbocycles. The van der Waals surface area contributed by atoms with E-state index in [4.69, 9.17) is 0 Å². The molecule has 7 nitrogen and oxygen atoms in total. The molecule has 3 aromatic heterocycles. The maximum Gasteiger partial charge on any atom is 0.274 e. The van der Waals surface area contributed by atoms with Crippen molar-refractivity contribution in [1.82, 2.24) is 4.98 Å². The molecular formula is C27H25N5O2S2. The van der Waals surface area contributed by atoms with Crippen molar-refractivity contribution >= 4 is 44.5 Å². The van der Waals surface area contributed by atoms with E-state index in [2.05, 4.69) is 41.6 Å². The van der Waals surface area contributed by atoms with Crippen LogP contribution in [-0.4, -0.2) is 16.8 Å². The number of nitriles is 2. The minimum absolute atomic E-state index is 0.0890. The van der Waals surface area contributed by atoms with E-state index in [0.717, 1.165) is 59.4 Å². The Labute approximate surface area is 217 Å². The molecule has 0 radical (unpaired) electrons. The zero-order valence-electron chi connectivity index (χ0n) is 20.1. The zero-order valence-corrected chi connectivity index (χ0v) is 21.7. The maximum absolute atomic E-state index is 13.0. The van der Waals surface area contributed by atoms with Crippen LogP contribution in [0.15, 0.2) is 18.2 Å². The van der Waals surface area contributed by atoms with Gasteiger partial charge in [-0.2, -0.15) is 10.5 Å². The smallest absolute Gasteiger partial charge is 0.274 e. The molecule has 2 atom stereocenters. The number of pyridine rings is 1. The topological polar surface area (TPSA) is 119 Å². The van der Waals surface area contributed by atoms with Crippen molar-refractivity contribution in [2.24, 2.45) is 11.8 Å². The minimum atomic E-state index is -0.467. The molecule has 2 amide bonds. The fourth-order valence-electron chi connectivity index (χ4n) is 4.94. The lowest BCUT2D eigenvalue weighted by atomic mass is 9.88. The molecule has 36 heavy (non-hydrogen) atoms. The summed E-state index contributed by atoms with van der Waals surface area (Å²) < 4.78 is 0. The first kappa shape index (κ1) is 24.2. The van der Waals surface area contributed by atoms with E-state index >= 15 is 0 Å². The van der Waals surface area contributed by atoms with Crippen LogP contribution in [0.2, 0.25) is 0 Å². The Kier molecular flexibility index (Phi) is 6.61. The number of carbonyl (C=O) groups excluding carboxylic acids is 2. The number of thiophene rings is 2. The van der Waals surface area contributed by atoms with Crippen molar-refractivity contribution in [3.8, 4) is 12.1 Å². The second-order valence-corrected chi connectivity index (χ2v) is 11.9. The normalized spacial score (nSPS) is 18.3. The van der Waals surface area contributed by atoms with Gasteiger partial charge in [0.2, 0.25) is 0 Å². The van der Waals surface area contributed by atoms with Gasteiger partial charge in [0.15, 0.2) is 0 Å². The molecule has 0 aliphatic heterocycles. The third-order valence-corrected chi connectivity index (χ3v) is 9.26. The molecule has 2 aliphatic rings. The van der Waals surface area contributed by atoms with E-state index in [9.17, 15) is 20.1 Å². The molecule has 5 rings (SSSR count). The lowest BCUT2D eigenvalue weighted by molar-refractivity contribution is 0.101. The molecule has 0 saturated heterocycles. The second-order valence-electron chi connectivity index (χ2n) is 9.65. The highest BCUT2D eigenvalue weighted by Gasteiger charge is 2.27. The quantitative estimate of drug-likeness (QED) is 0.462. The van der Waals surface area contributed by atoms with E-state index in [0.29, 0.717) is 33.0 Å². The number of aromatic nitrogens is 1. The van der Waals surface area contributed by atoms with E-state index < -0.39 is 11.8 Å². The third kappa shape index (κ3) is 4.53. The molecule has 3 heterocycles. The van der Waals surface area contributed by atoms with Gasteiger partial charge in [-0.1, -0.05) is 19.9 Å². The lowest BCUT2D eigenvalue weighted by Gasteiger charge is -2.17. The van der Waals surface area contributed by atoms with Crippen LogP contribution in [0.4, 0.5) is 10.0 Å². The summed E-state index contributed by atoms with van der Waals surface area (Å²) in [5, 5.41) is 26.2. The molecular weight excluding hydrogens is 490 g/mol. The van der Waals surface area contributed by atoms with Crippen LogP contribution in [0.5, 0.6) is 0 Å². The molecule has 0 fully saturated rings. The monoisotopic (exact) mass is 515 g/mol. The van der Waals surface area contributed by atoms with Crippen LogP contribution in [0, 0.1) is 34.5 Å². The summed E-state index contributed by atoms with van der Waals surface area (Å²) >= 11 is 2.90. The number of nitrogens with zero attached hydrogens (tertiary/aromatic N) is 3. The van der Waals surface area contributed by atoms with Gasteiger partial charge in [-0.3, -0.25) is 9.59 Å². The van der Waals surface area contributed by atoms with Gasteiger partial charge in [-0.15, -0.1) is 22.7 Å². The first-order valence-electron chi connectivity index (χ1n) is 12.1. The van der Waals surface area contributed by atoms with Crippen LogP contribution in [0.3, 0.4) is 0 Å². The van der Waals surface area contributed by atoms with Crippen molar-refractivity contribution in [3.63, 3.8) is 0 Å². The highest BCUT2D eigenvalue weighted by Crippen LogP contribution is 2.40. The maximum atomic E-state index is 13.0. The largest absolute Gasteiger partial charge is 0.311 e. The van der Waals surface area contributed by atoms with Gasteiger partial charge in [0.05, 0.1) is 11.1 Å². The molecule has 2 N–H and O–H groups in total. The molecule has 0 bridgehead atoms. The fourth-order valence-corrected chi connectivity index (χ4v) is 7.65. The fraction of sp³-hybridized carbons (Fsp3) is 0.370. The minimum Gasteiger partial charge on any atom is -0.311 e. The van der Waals surface area contributed by atoms with Gasteiger partial charge in [0.1, 0.15) is 33.5 Å². The predicted molar refractivity (Wildman–Crippen MR) is 141 cm³/mol.